The van der Waals surface area contributed by atoms with Crippen molar-refractivity contribution < 1.29 is 18.0 Å². The van der Waals surface area contributed by atoms with Crippen molar-refractivity contribution in [1.82, 2.24) is 9.80 Å². The number of hydrogen-bond donors (Lipinski definition) is 2. The molecule has 8 heteroatoms. The Hall–Kier alpha value is -3.36. The van der Waals surface area contributed by atoms with Crippen molar-refractivity contribution in [3.63, 3.8) is 0 Å². The third-order valence-electron chi connectivity index (χ3n) is 6.84. The molecule has 1 amide bonds. The average molecular weight is 541 g/mol. The highest BCUT2D eigenvalue weighted by atomic mass is 19.4. The number of piperazine rings is 1. The van der Waals surface area contributed by atoms with Crippen LogP contribution in [0.1, 0.15) is 43.9 Å². The van der Waals surface area contributed by atoms with Crippen LogP contribution >= 0.6 is 0 Å². The minimum Gasteiger partial charge on any atom is -0.376 e. The van der Waals surface area contributed by atoms with Crippen molar-refractivity contribution in [2.24, 2.45) is 0 Å². The van der Waals surface area contributed by atoms with Gasteiger partial charge in [-0.25, -0.2) is 0 Å². The van der Waals surface area contributed by atoms with Gasteiger partial charge < -0.3 is 15.5 Å². The lowest BCUT2D eigenvalue weighted by molar-refractivity contribution is -0.138. The van der Waals surface area contributed by atoms with Crippen LogP contribution in [0.25, 0.3) is 5.57 Å². The highest BCUT2D eigenvalue weighted by molar-refractivity contribution is 5.94. The van der Waals surface area contributed by atoms with Crippen molar-refractivity contribution in [2.45, 2.75) is 39.9 Å². The fourth-order valence-corrected chi connectivity index (χ4v) is 4.46. The number of carbonyl (C=O) groups excluding carboxylic acids is 1. The lowest BCUT2D eigenvalue weighted by Gasteiger charge is -2.34. The van der Waals surface area contributed by atoms with E-state index in [1.165, 1.54) is 6.07 Å². The number of halogens is 3. The zero-order valence-electron chi connectivity index (χ0n) is 23.1. The number of nitrogens with zero attached hydrogens (tertiary/aromatic N) is 2. The first-order chi connectivity index (χ1) is 18.6. The second-order valence-corrected chi connectivity index (χ2v) is 9.67. The zero-order chi connectivity index (χ0) is 28.4. The molecule has 5 nitrogen and oxygen atoms in total. The molecule has 0 aliphatic carbocycles. The van der Waals surface area contributed by atoms with Crippen LogP contribution in [0.15, 0.2) is 72.8 Å². The number of carbonyl (C=O) groups is 1. The molecule has 1 aliphatic rings. The summed E-state index contributed by atoms with van der Waals surface area (Å²) in [5.41, 5.74) is 3.46. The van der Waals surface area contributed by atoms with Gasteiger partial charge >= 0.3 is 6.18 Å². The van der Waals surface area contributed by atoms with E-state index in [2.05, 4.69) is 36.0 Å². The van der Waals surface area contributed by atoms with E-state index in [0.29, 0.717) is 0 Å². The summed E-state index contributed by atoms with van der Waals surface area (Å²) in [5, 5.41) is 5.63. The molecule has 1 aliphatic heterocycles. The fraction of sp³-hybridized carbons (Fsp3) is 0.387. The van der Waals surface area contributed by atoms with Crippen LogP contribution in [0.2, 0.25) is 0 Å². The third kappa shape index (κ3) is 9.11. The van der Waals surface area contributed by atoms with Crippen molar-refractivity contribution in [3.8, 4) is 0 Å². The summed E-state index contributed by atoms with van der Waals surface area (Å²) < 4.78 is 41.6. The first-order valence-corrected chi connectivity index (χ1v) is 13.4. The molecule has 210 valence electrons. The standard InChI is InChI=1S/C31H39F3N4O/c1-5-8-25(19-23(4)6-2)24-9-12-27(13-10-24)35-21-30(39)36-28-14-11-26(29(20-28)31(32,33)34)22-38-17-15-37(7-3)16-18-38/h5,8-14,19-20,35H,4,6-7,15-18,21-22H2,1-3H3,(H,36,39). The molecule has 3 rings (SSSR count). The molecule has 0 bridgehead atoms. The van der Waals surface area contributed by atoms with Gasteiger partial charge in [-0.2, -0.15) is 13.2 Å². The number of rotatable bonds is 11. The van der Waals surface area contributed by atoms with Gasteiger partial charge in [-0.05, 0) is 60.9 Å². The maximum atomic E-state index is 13.9. The predicted octanol–water partition coefficient (Wildman–Crippen LogP) is 6.82. The van der Waals surface area contributed by atoms with Gasteiger partial charge in [0, 0.05) is 44.1 Å². The van der Waals surface area contributed by atoms with Gasteiger partial charge in [0.2, 0.25) is 5.91 Å². The van der Waals surface area contributed by atoms with Crippen LogP contribution in [-0.4, -0.2) is 55.0 Å². The normalized spacial score (nSPS) is 15.5. The summed E-state index contributed by atoms with van der Waals surface area (Å²) in [4.78, 5) is 16.9. The van der Waals surface area contributed by atoms with E-state index in [1.54, 1.807) is 6.07 Å². The van der Waals surface area contributed by atoms with Gasteiger partial charge in [-0.1, -0.05) is 62.4 Å². The highest BCUT2D eigenvalue weighted by Crippen LogP contribution is 2.34. The van der Waals surface area contributed by atoms with Gasteiger partial charge in [-0.15, -0.1) is 0 Å². The van der Waals surface area contributed by atoms with E-state index in [0.717, 1.165) is 67.6 Å². The molecule has 0 unspecified atom stereocenters. The van der Waals surface area contributed by atoms with Gasteiger partial charge in [0.25, 0.3) is 0 Å². The van der Waals surface area contributed by atoms with Crippen LogP contribution in [-0.2, 0) is 17.5 Å². The van der Waals surface area contributed by atoms with Gasteiger partial charge in [-0.3, -0.25) is 9.69 Å². The Morgan fingerprint density at radius 3 is 2.23 bits per heavy atom. The Morgan fingerprint density at radius 2 is 1.64 bits per heavy atom. The Kier molecular flexibility index (Phi) is 10.9. The van der Waals surface area contributed by atoms with Gasteiger partial charge in [0.05, 0.1) is 12.1 Å². The van der Waals surface area contributed by atoms with E-state index in [-0.39, 0.29) is 24.3 Å². The number of amides is 1. The first kappa shape index (κ1) is 30.2. The molecular formula is C31H39F3N4O. The van der Waals surface area contributed by atoms with Gasteiger partial charge in [0.15, 0.2) is 0 Å². The summed E-state index contributed by atoms with van der Waals surface area (Å²) in [5.74, 6) is -0.426. The Bertz CT molecular complexity index is 1180. The summed E-state index contributed by atoms with van der Waals surface area (Å²) in [6.45, 7) is 14.4. The van der Waals surface area contributed by atoms with Crippen LogP contribution in [0.5, 0.6) is 0 Å². The maximum Gasteiger partial charge on any atom is 0.416 e. The maximum absolute atomic E-state index is 13.9. The summed E-state index contributed by atoms with van der Waals surface area (Å²) in [7, 11) is 0. The molecule has 39 heavy (non-hydrogen) atoms. The number of allylic oxidation sites excluding steroid dienone is 5. The quantitative estimate of drug-likeness (QED) is 0.307. The molecule has 1 saturated heterocycles. The Morgan fingerprint density at radius 1 is 1.00 bits per heavy atom. The summed E-state index contributed by atoms with van der Waals surface area (Å²) >= 11 is 0. The van der Waals surface area contributed by atoms with Crippen molar-refractivity contribution in [2.75, 3.05) is 49.9 Å². The minimum absolute atomic E-state index is 0.0750. The van der Waals surface area contributed by atoms with E-state index < -0.39 is 17.6 Å². The monoisotopic (exact) mass is 540 g/mol. The van der Waals surface area contributed by atoms with Crippen LogP contribution in [0.3, 0.4) is 0 Å². The van der Waals surface area contributed by atoms with Gasteiger partial charge in [0.1, 0.15) is 0 Å². The fourth-order valence-electron chi connectivity index (χ4n) is 4.46. The number of hydrogen-bond acceptors (Lipinski definition) is 4. The summed E-state index contributed by atoms with van der Waals surface area (Å²) in [6, 6.07) is 11.7. The lowest BCUT2D eigenvalue weighted by Crippen LogP contribution is -2.45. The largest absolute Gasteiger partial charge is 0.416 e. The van der Waals surface area contributed by atoms with Crippen LogP contribution < -0.4 is 10.6 Å². The predicted molar refractivity (Wildman–Crippen MR) is 155 cm³/mol. The molecule has 0 radical (unpaired) electrons. The van der Waals surface area contributed by atoms with E-state index in [9.17, 15) is 18.0 Å². The SMILES string of the molecule is C=C(C=C(C=CC)c1ccc(NCC(=O)Nc2ccc(CN3CCN(CC)CC3)c(C(F)(F)F)c2)cc1)CC. The molecule has 2 N–H and O–H groups in total. The molecule has 0 atom stereocenters. The first-order valence-electron chi connectivity index (χ1n) is 13.4. The third-order valence-corrected chi connectivity index (χ3v) is 6.84. The summed E-state index contributed by atoms with van der Waals surface area (Å²) in [6.07, 6.45) is 2.38. The average Bonchev–Trinajstić information content (AvgIpc) is 2.92. The number of benzene rings is 2. The minimum atomic E-state index is -4.51. The molecular weight excluding hydrogens is 501 g/mol. The second kappa shape index (κ2) is 14.1. The lowest BCUT2D eigenvalue weighted by atomic mass is 10.0. The van der Waals surface area contributed by atoms with Crippen LogP contribution in [0, 0.1) is 0 Å². The molecule has 1 fully saturated rings. The van der Waals surface area contributed by atoms with Crippen LogP contribution in [0.4, 0.5) is 24.5 Å². The van der Waals surface area contributed by atoms with Crippen molar-refractivity contribution in [3.05, 3.63) is 89.5 Å². The van der Waals surface area contributed by atoms with Crippen molar-refractivity contribution in [1.29, 1.82) is 0 Å². The topological polar surface area (TPSA) is 47.6 Å². The Labute approximate surface area is 230 Å². The molecule has 2 aromatic carbocycles. The van der Waals surface area contributed by atoms with E-state index in [4.69, 9.17) is 0 Å². The number of anilines is 2. The molecule has 0 saturated carbocycles. The number of nitrogens with one attached hydrogen (secondary N) is 2. The van der Waals surface area contributed by atoms with E-state index >= 15 is 0 Å². The molecule has 0 spiro atoms. The number of likely N-dealkylation sites (N-methyl/N-ethyl adjacent to an activating group) is 1. The molecule has 2 aromatic rings. The molecule has 0 aromatic heterocycles. The second-order valence-electron chi connectivity index (χ2n) is 9.67. The van der Waals surface area contributed by atoms with Crippen molar-refractivity contribution >= 4 is 22.9 Å². The Balaban J connectivity index is 1.61. The molecule has 1 heterocycles. The van der Waals surface area contributed by atoms with E-state index in [1.807, 2.05) is 54.3 Å². The smallest absolute Gasteiger partial charge is 0.376 e. The number of alkyl halides is 3. The zero-order valence-corrected chi connectivity index (χ0v) is 23.1. The highest BCUT2D eigenvalue weighted by Gasteiger charge is 2.34.